The van der Waals surface area contributed by atoms with Crippen LogP contribution < -0.4 is 5.32 Å². The Hall–Kier alpha value is -2.56. The lowest BCUT2D eigenvalue weighted by Crippen LogP contribution is -2.28. The van der Waals surface area contributed by atoms with Gasteiger partial charge in [0.15, 0.2) is 18.2 Å². The van der Waals surface area contributed by atoms with Crippen LogP contribution in [0, 0.1) is 11.6 Å². The van der Waals surface area contributed by atoms with Gasteiger partial charge in [-0.2, -0.15) is 4.31 Å². The van der Waals surface area contributed by atoms with Crippen molar-refractivity contribution in [3.05, 3.63) is 58.6 Å². The van der Waals surface area contributed by atoms with Crippen LogP contribution in [0.4, 0.5) is 14.5 Å². The summed E-state index contributed by atoms with van der Waals surface area (Å²) in [6, 6.07) is 6.89. The summed E-state index contributed by atoms with van der Waals surface area (Å²) in [5.41, 5.74) is -0.232. The number of amides is 1. The molecule has 0 aromatic heterocycles. The van der Waals surface area contributed by atoms with Crippen LogP contribution in [0.3, 0.4) is 0 Å². The quantitative estimate of drug-likeness (QED) is 0.530. The first-order valence-electron chi connectivity index (χ1n) is 8.90. The van der Waals surface area contributed by atoms with E-state index in [9.17, 15) is 26.8 Å². The number of benzene rings is 2. The van der Waals surface area contributed by atoms with Gasteiger partial charge < -0.3 is 10.1 Å². The van der Waals surface area contributed by atoms with Crippen molar-refractivity contribution in [1.82, 2.24) is 4.31 Å². The van der Waals surface area contributed by atoms with Gasteiger partial charge in [0.2, 0.25) is 10.0 Å². The van der Waals surface area contributed by atoms with Crippen LogP contribution in [0.2, 0.25) is 5.02 Å². The fraction of sp³-hybridized carbons (Fsp3) is 0.263. The summed E-state index contributed by atoms with van der Waals surface area (Å²) in [7, 11) is -3.66. The van der Waals surface area contributed by atoms with Crippen molar-refractivity contribution in [2.24, 2.45) is 0 Å². The highest BCUT2D eigenvalue weighted by Gasteiger charge is 2.27. The lowest BCUT2D eigenvalue weighted by molar-refractivity contribution is -0.119. The average molecular weight is 459 g/mol. The lowest BCUT2D eigenvalue weighted by atomic mass is 10.2. The number of nitrogens with zero attached hydrogens (tertiary/aromatic N) is 1. The van der Waals surface area contributed by atoms with Crippen molar-refractivity contribution < 1.29 is 31.5 Å². The highest BCUT2D eigenvalue weighted by molar-refractivity contribution is 7.89. The van der Waals surface area contributed by atoms with E-state index in [0.29, 0.717) is 25.2 Å². The molecule has 1 N–H and O–H groups in total. The van der Waals surface area contributed by atoms with Crippen LogP contribution in [0.15, 0.2) is 41.3 Å². The molecule has 1 fully saturated rings. The van der Waals surface area contributed by atoms with Crippen LogP contribution in [0.1, 0.15) is 23.2 Å². The number of esters is 1. The Bertz CT molecular complexity index is 1090. The second-order valence-electron chi connectivity index (χ2n) is 6.51. The molecule has 0 saturated carbocycles. The minimum absolute atomic E-state index is 0.0350. The van der Waals surface area contributed by atoms with Crippen molar-refractivity contribution in [3.63, 3.8) is 0 Å². The molecule has 0 bridgehead atoms. The molecule has 1 aliphatic heterocycles. The first-order chi connectivity index (χ1) is 14.2. The van der Waals surface area contributed by atoms with Crippen molar-refractivity contribution in [1.29, 1.82) is 0 Å². The van der Waals surface area contributed by atoms with Gasteiger partial charge in [-0.1, -0.05) is 17.7 Å². The Kier molecular flexibility index (Phi) is 6.69. The summed E-state index contributed by atoms with van der Waals surface area (Å²) < 4.78 is 57.7. The molecule has 160 valence electrons. The first kappa shape index (κ1) is 22.1. The Labute approximate surface area is 176 Å². The summed E-state index contributed by atoms with van der Waals surface area (Å²) in [6.07, 6.45) is 1.59. The molecule has 3 rings (SSSR count). The van der Waals surface area contributed by atoms with Gasteiger partial charge in [-0.3, -0.25) is 4.79 Å². The zero-order chi connectivity index (χ0) is 21.9. The van der Waals surface area contributed by atoms with E-state index < -0.39 is 45.7 Å². The van der Waals surface area contributed by atoms with E-state index in [0.717, 1.165) is 12.8 Å². The molecular formula is C19H17ClF2N2O5S. The van der Waals surface area contributed by atoms with E-state index in [1.165, 1.54) is 28.6 Å². The Morgan fingerprint density at radius 3 is 2.47 bits per heavy atom. The monoisotopic (exact) mass is 458 g/mol. The second kappa shape index (κ2) is 9.07. The van der Waals surface area contributed by atoms with Crippen molar-refractivity contribution >= 4 is 39.2 Å². The normalized spacial score (nSPS) is 14.5. The number of sulfonamides is 1. The number of rotatable bonds is 6. The van der Waals surface area contributed by atoms with Crippen molar-refractivity contribution in [3.8, 4) is 0 Å². The largest absolute Gasteiger partial charge is 0.452 e. The van der Waals surface area contributed by atoms with E-state index in [2.05, 4.69) is 5.32 Å². The summed E-state index contributed by atoms with van der Waals surface area (Å²) in [5.74, 6) is -4.37. The fourth-order valence-electron chi connectivity index (χ4n) is 2.90. The zero-order valence-electron chi connectivity index (χ0n) is 15.5. The fourth-order valence-corrected chi connectivity index (χ4v) is 4.69. The molecule has 30 heavy (non-hydrogen) atoms. The summed E-state index contributed by atoms with van der Waals surface area (Å²) in [4.78, 5) is 24.0. The molecule has 1 amide bonds. The number of halogens is 3. The van der Waals surface area contributed by atoms with Crippen LogP contribution in [-0.4, -0.2) is 44.3 Å². The molecule has 1 aliphatic rings. The predicted octanol–water partition coefficient (Wildman–Crippen LogP) is 3.20. The highest BCUT2D eigenvalue weighted by Crippen LogP contribution is 2.23. The maximum absolute atomic E-state index is 13.3. The third kappa shape index (κ3) is 4.94. The minimum Gasteiger partial charge on any atom is -0.452 e. The number of carbonyl (C=O) groups excluding carboxylic acids is 2. The molecule has 2 aromatic rings. The van der Waals surface area contributed by atoms with Crippen molar-refractivity contribution in [2.75, 3.05) is 25.0 Å². The second-order valence-corrected chi connectivity index (χ2v) is 8.85. The van der Waals surface area contributed by atoms with Gasteiger partial charge >= 0.3 is 5.97 Å². The van der Waals surface area contributed by atoms with Gasteiger partial charge in [0.05, 0.1) is 15.5 Å². The van der Waals surface area contributed by atoms with Crippen LogP contribution in [0.5, 0.6) is 0 Å². The number of hydrogen-bond donors (Lipinski definition) is 1. The molecular weight excluding hydrogens is 442 g/mol. The van der Waals surface area contributed by atoms with E-state index in [4.69, 9.17) is 16.3 Å². The zero-order valence-corrected chi connectivity index (χ0v) is 17.1. The lowest BCUT2D eigenvalue weighted by Gasteiger charge is -2.16. The summed E-state index contributed by atoms with van der Waals surface area (Å²) >= 11 is 5.69. The van der Waals surface area contributed by atoms with E-state index in [1.54, 1.807) is 0 Å². The molecule has 0 unspecified atom stereocenters. The summed E-state index contributed by atoms with van der Waals surface area (Å²) in [6.45, 7) is 0.153. The van der Waals surface area contributed by atoms with Gasteiger partial charge in [0, 0.05) is 18.8 Å². The van der Waals surface area contributed by atoms with Crippen LogP contribution in [-0.2, 0) is 19.6 Å². The first-order valence-corrected chi connectivity index (χ1v) is 10.7. The smallest absolute Gasteiger partial charge is 0.340 e. The van der Waals surface area contributed by atoms with E-state index >= 15 is 0 Å². The molecule has 2 aromatic carbocycles. The number of nitrogens with one attached hydrogen (secondary N) is 1. The molecule has 0 atom stereocenters. The molecule has 0 aliphatic carbocycles. The number of ether oxygens (including phenoxy) is 1. The van der Waals surface area contributed by atoms with E-state index in [1.807, 2.05) is 0 Å². The van der Waals surface area contributed by atoms with Gasteiger partial charge in [-0.25, -0.2) is 22.0 Å². The third-order valence-electron chi connectivity index (χ3n) is 4.38. The molecule has 1 heterocycles. The molecule has 7 nitrogen and oxygen atoms in total. The topological polar surface area (TPSA) is 92.8 Å². The third-order valence-corrected chi connectivity index (χ3v) is 6.59. The Morgan fingerprint density at radius 2 is 1.77 bits per heavy atom. The van der Waals surface area contributed by atoms with Crippen LogP contribution in [0.25, 0.3) is 0 Å². The number of carbonyl (C=O) groups is 2. The van der Waals surface area contributed by atoms with Crippen LogP contribution >= 0.6 is 11.6 Å². The highest BCUT2D eigenvalue weighted by atomic mass is 35.5. The maximum atomic E-state index is 13.3. The molecule has 0 spiro atoms. The minimum atomic E-state index is -3.66. The van der Waals surface area contributed by atoms with Gasteiger partial charge in [0.1, 0.15) is 0 Å². The molecule has 11 heteroatoms. The van der Waals surface area contributed by atoms with Gasteiger partial charge in [-0.05, 0) is 43.2 Å². The molecule has 0 radical (unpaired) electrons. The molecule has 1 saturated heterocycles. The van der Waals surface area contributed by atoms with Gasteiger partial charge in [-0.15, -0.1) is 0 Å². The van der Waals surface area contributed by atoms with Crippen molar-refractivity contribution in [2.45, 2.75) is 17.7 Å². The SMILES string of the molecule is O=C(COC(=O)c1cc(F)c(F)cc1Cl)Nc1cccc(S(=O)(=O)N2CCCC2)c1. The Balaban J connectivity index is 1.63. The number of hydrogen-bond acceptors (Lipinski definition) is 5. The Morgan fingerprint density at radius 1 is 1.10 bits per heavy atom. The van der Waals surface area contributed by atoms with E-state index in [-0.39, 0.29) is 15.6 Å². The summed E-state index contributed by atoms with van der Waals surface area (Å²) in [5, 5.41) is 2.06. The standard InChI is InChI=1S/C19H17ClF2N2O5S/c20-15-10-17(22)16(21)9-14(15)19(26)29-11-18(25)23-12-4-3-5-13(8-12)30(27,28)24-6-1-2-7-24/h3-5,8-10H,1-2,6-7,11H2,(H,23,25). The predicted molar refractivity (Wildman–Crippen MR) is 105 cm³/mol. The number of anilines is 1. The van der Waals surface area contributed by atoms with Gasteiger partial charge in [0.25, 0.3) is 5.91 Å². The average Bonchev–Trinajstić information content (AvgIpc) is 3.25. The maximum Gasteiger partial charge on any atom is 0.340 e.